The first-order valence-corrected chi connectivity index (χ1v) is 7.49. The summed E-state index contributed by atoms with van der Waals surface area (Å²) in [6.45, 7) is 2.95. The van der Waals surface area contributed by atoms with E-state index in [0.717, 1.165) is 38.8 Å². The summed E-state index contributed by atoms with van der Waals surface area (Å²) in [4.78, 5) is 11.8. The number of ether oxygens (including phenoxy) is 1. The molecule has 2 aliphatic heterocycles. The molecule has 2 atom stereocenters. The van der Waals surface area contributed by atoms with Crippen LogP contribution in [0, 0.1) is 0 Å². The molecule has 3 N–H and O–H groups in total. The molecule has 2 fully saturated rings. The van der Waals surface area contributed by atoms with Crippen LogP contribution < -0.4 is 10.6 Å². The molecular formula is C14H26N2O3. The number of rotatable bonds is 5. The van der Waals surface area contributed by atoms with Crippen LogP contribution in [0.1, 0.15) is 44.9 Å². The van der Waals surface area contributed by atoms with Gasteiger partial charge in [-0.1, -0.05) is 0 Å². The van der Waals surface area contributed by atoms with E-state index in [0.29, 0.717) is 25.6 Å². The number of β-amino-alcohol motifs (C(OH)–C–C–N with tert-alkyl or cyclic N) is 1. The monoisotopic (exact) mass is 270 g/mol. The standard InChI is InChI=1S/C14H26N2O3/c17-13(10-14(18)6-3-7-15-11-14)16-8-5-12-4-1-2-9-19-12/h12,15,18H,1-11H2,(H,16,17). The normalized spacial score (nSPS) is 31.9. The van der Waals surface area contributed by atoms with Crippen molar-refractivity contribution >= 4 is 5.91 Å². The van der Waals surface area contributed by atoms with Gasteiger partial charge >= 0.3 is 0 Å². The summed E-state index contributed by atoms with van der Waals surface area (Å²) in [5.74, 6) is -0.0537. The minimum atomic E-state index is -0.857. The minimum absolute atomic E-state index is 0.0537. The number of carbonyl (C=O) groups is 1. The summed E-state index contributed by atoms with van der Waals surface area (Å²) in [6.07, 6.45) is 6.50. The molecule has 2 aliphatic rings. The van der Waals surface area contributed by atoms with Crippen LogP contribution in [0.5, 0.6) is 0 Å². The summed E-state index contributed by atoms with van der Waals surface area (Å²) in [5, 5.41) is 16.3. The van der Waals surface area contributed by atoms with E-state index in [1.165, 1.54) is 6.42 Å². The van der Waals surface area contributed by atoms with E-state index in [-0.39, 0.29) is 12.3 Å². The predicted octanol–water partition coefficient (Wildman–Crippen LogP) is 0.566. The highest BCUT2D eigenvalue weighted by Gasteiger charge is 2.31. The van der Waals surface area contributed by atoms with Gasteiger partial charge in [-0.15, -0.1) is 0 Å². The zero-order valence-electron chi connectivity index (χ0n) is 11.6. The molecule has 2 saturated heterocycles. The fourth-order valence-electron chi connectivity index (χ4n) is 2.87. The number of hydrogen-bond donors (Lipinski definition) is 3. The van der Waals surface area contributed by atoms with Crippen LogP contribution in [0.2, 0.25) is 0 Å². The van der Waals surface area contributed by atoms with Crippen LogP contribution in [0.25, 0.3) is 0 Å². The molecule has 0 saturated carbocycles. The summed E-state index contributed by atoms with van der Waals surface area (Å²) in [5.41, 5.74) is -0.857. The van der Waals surface area contributed by atoms with Crippen molar-refractivity contribution in [1.82, 2.24) is 10.6 Å². The van der Waals surface area contributed by atoms with Gasteiger partial charge in [0, 0.05) is 19.7 Å². The van der Waals surface area contributed by atoms with Crippen molar-refractivity contribution in [2.75, 3.05) is 26.2 Å². The molecule has 5 heteroatoms. The molecule has 2 heterocycles. The molecule has 2 rings (SSSR count). The van der Waals surface area contributed by atoms with Crippen LogP contribution in [-0.4, -0.2) is 49.0 Å². The van der Waals surface area contributed by atoms with Gasteiger partial charge in [-0.3, -0.25) is 4.79 Å². The van der Waals surface area contributed by atoms with Gasteiger partial charge in [0.15, 0.2) is 0 Å². The van der Waals surface area contributed by atoms with Crippen LogP contribution in [0.4, 0.5) is 0 Å². The average Bonchev–Trinajstić information content (AvgIpc) is 2.40. The maximum atomic E-state index is 11.8. The van der Waals surface area contributed by atoms with Gasteiger partial charge in [-0.05, 0) is 45.1 Å². The lowest BCUT2D eigenvalue weighted by Gasteiger charge is -2.32. The number of nitrogens with one attached hydrogen (secondary N) is 2. The Morgan fingerprint density at radius 2 is 2.32 bits per heavy atom. The van der Waals surface area contributed by atoms with Crippen molar-refractivity contribution in [3.8, 4) is 0 Å². The Balaban J connectivity index is 1.61. The summed E-state index contributed by atoms with van der Waals surface area (Å²) in [7, 11) is 0. The SMILES string of the molecule is O=C(CC1(O)CCCNC1)NCCC1CCCCO1. The van der Waals surface area contributed by atoms with E-state index in [1.54, 1.807) is 0 Å². The lowest BCUT2D eigenvalue weighted by atomic mass is 9.90. The Morgan fingerprint density at radius 3 is 3.00 bits per heavy atom. The highest BCUT2D eigenvalue weighted by atomic mass is 16.5. The predicted molar refractivity (Wildman–Crippen MR) is 72.9 cm³/mol. The topological polar surface area (TPSA) is 70.6 Å². The first-order valence-electron chi connectivity index (χ1n) is 7.49. The van der Waals surface area contributed by atoms with E-state index in [1.807, 2.05) is 0 Å². The maximum absolute atomic E-state index is 11.8. The van der Waals surface area contributed by atoms with Crippen LogP contribution >= 0.6 is 0 Å². The Kier molecular flexibility index (Phi) is 5.60. The third-order valence-corrected chi connectivity index (χ3v) is 4.00. The lowest BCUT2D eigenvalue weighted by molar-refractivity contribution is -0.126. The fraction of sp³-hybridized carbons (Fsp3) is 0.929. The molecule has 0 bridgehead atoms. The van der Waals surface area contributed by atoms with Crippen molar-refractivity contribution in [2.45, 2.75) is 56.7 Å². The van der Waals surface area contributed by atoms with Crippen molar-refractivity contribution in [3.63, 3.8) is 0 Å². The number of amides is 1. The highest BCUT2D eigenvalue weighted by Crippen LogP contribution is 2.20. The van der Waals surface area contributed by atoms with Gasteiger partial charge in [0.25, 0.3) is 0 Å². The summed E-state index contributed by atoms with van der Waals surface area (Å²) in [6, 6.07) is 0. The van der Waals surface area contributed by atoms with Gasteiger partial charge in [-0.25, -0.2) is 0 Å². The van der Waals surface area contributed by atoms with E-state index in [4.69, 9.17) is 4.74 Å². The first-order chi connectivity index (χ1) is 9.18. The van der Waals surface area contributed by atoms with Gasteiger partial charge < -0.3 is 20.5 Å². The third-order valence-electron chi connectivity index (χ3n) is 4.00. The molecular weight excluding hydrogens is 244 g/mol. The molecule has 0 radical (unpaired) electrons. The van der Waals surface area contributed by atoms with Crippen molar-refractivity contribution in [3.05, 3.63) is 0 Å². The third kappa shape index (κ3) is 5.09. The second kappa shape index (κ2) is 7.22. The van der Waals surface area contributed by atoms with Crippen LogP contribution in [-0.2, 0) is 9.53 Å². The molecule has 5 nitrogen and oxygen atoms in total. The average molecular weight is 270 g/mol. The molecule has 0 aromatic rings. The second-order valence-corrected chi connectivity index (χ2v) is 5.81. The number of piperidine rings is 1. The Hall–Kier alpha value is -0.650. The van der Waals surface area contributed by atoms with Crippen molar-refractivity contribution < 1.29 is 14.6 Å². The lowest BCUT2D eigenvalue weighted by Crippen LogP contribution is -2.48. The van der Waals surface area contributed by atoms with Crippen LogP contribution in [0.15, 0.2) is 0 Å². The quantitative estimate of drug-likeness (QED) is 0.683. The zero-order valence-corrected chi connectivity index (χ0v) is 11.6. The number of carbonyl (C=O) groups excluding carboxylic acids is 1. The number of hydrogen-bond acceptors (Lipinski definition) is 4. The molecule has 0 aromatic carbocycles. The highest BCUT2D eigenvalue weighted by molar-refractivity contribution is 5.77. The van der Waals surface area contributed by atoms with E-state index in [9.17, 15) is 9.90 Å². The molecule has 0 aliphatic carbocycles. The van der Waals surface area contributed by atoms with Gasteiger partial charge in [0.2, 0.25) is 5.91 Å². The largest absolute Gasteiger partial charge is 0.388 e. The smallest absolute Gasteiger partial charge is 0.222 e. The van der Waals surface area contributed by atoms with E-state index in [2.05, 4.69) is 10.6 Å². The van der Waals surface area contributed by atoms with Gasteiger partial charge in [-0.2, -0.15) is 0 Å². The van der Waals surface area contributed by atoms with E-state index < -0.39 is 5.60 Å². The number of aliphatic hydroxyl groups is 1. The molecule has 0 aromatic heterocycles. The van der Waals surface area contributed by atoms with Crippen molar-refractivity contribution in [2.24, 2.45) is 0 Å². The molecule has 2 unspecified atom stereocenters. The molecule has 0 spiro atoms. The Labute approximate surface area is 115 Å². The zero-order chi connectivity index (χ0) is 13.6. The first kappa shape index (κ1) is 14.8. The van der Waals surface area contributed by atoms with Gasteiger partial charge in [0.1, 0.15) is 0 Å². The Morgan fingerprint density at radius 1 is 1.42 bits per heavy atom. The minimum Gasteiger partial charge on any atom is -0.388 e. The molecule has 110 valence electrons. The second-order valence-electron chi connectivity index (χ2n) is 5.81. The Bertz CT molecular complexity index is 284. The maximum Gasteiger partial charge on any atom is 0.222 e. The summed E-state index contributed by atoms with van der Waals surface area (Å²) >= 11 is 0. The van der Waals surface area contributed by atoms with Crippen molar-refractivity contribution in [1.29, 1.82) is 0 Å². The molecule has 1 amide bonds. The van der Waals surface area contributed by atoms with Crippen LogP contribution in [0.3, 0.4) is 0 Å². The summed E-state index contributed by atoms with van der Waals surface area (Å²) < 4.78 is 5.62. The fourth-order valence-corrected chi connectivity index (χ4v) is 2.87. The van der Waals surface area contributed by atoms with Gasteiger partial charge in [0.05, 0.1) is 18.1 Å². The van der Waals surface area contributed by atoms with E-state index >= 15 is 0 Å². The molecule has 19 heavy (non-hydrogen) atoms.